The van der Waals surface area contributed by atoms with E-state index in [1.165, 1.54) is 12.5 Å². The molecule has 0 radical (unpaired) electrons. The molecule has 0 spiro atoms. The quantitative estimate of drug-likeness (QED) is 0.455. The number of halogens is 1. The van der Waals surface area contributed by atoms with E-state index < -0.39 is 5.97 Å². The molecule has 0 amide bonds. The second kappa shape index (κ2) is 13.2. The molecule has 3 fully saturated rings. The van der Waals surface area contributed by atoms with E-state index in [2.05, 4.69) is 37.7 Å². The number of carboxylic acid groups (broad SMARTS) is 1. The van der Waals surface area contributed by atoms with Gasteiger partial charge in [0.1, 0.15) is 5.82 Å². The Morgan fingerprint density at radius 3 is 2.54 bits per heavy atom. The molecule has 4 unspecified atom stereocenters. The van der Waals surface area contributed by atoms with E-state index in [1.54, 1.807) is 6.07 Å². The SMILES string of the molecule is CCCN(c1ncccn1)C1CCN(CC2CN(C3CCCCC3CC(=O)O)CC2c2cccc(F)c2)CC1. The van der Waals surface area contributed by atoms with Crippen molar-refractivity contribution in [3.63, 3.8) is 0 Å². The van der Waals surface area contributed by atoms with Crippen molar-refractivity contribution in [3.8, 4) is 0 Å². The predicted octanol–water partition coefficient (Wildman–Crippen LogP) is 5.05. The Labute approximate surface area is 232 Å². The molecule has 5 rings (SSSR count). The Kier molecular flexibility index (Phi) is 9.45. The lowest BCUT2D eigenvalue weighted by molar-refractivity contribution is -0.139. The highest BCUT2D eigenvalue weighted by Gasteiger charge is 2.41. The van der Waals surface area contributed by atoms with Crippen molar-refractivity contribution in [2.45, 2.75) is 76.3 Å². The van der Waals surface area contributed by atoms with E-state index in [0.29, 0.717) is 18.0 Å². The third-order valence-electron chi connectivity index (χ3n) is 9.28. The molecule has 0 bridgehead atoms. The number of carbonyl (C=O) groups is 1. The molecule has 4 atom stereocenters. The highest BCUT2D eigenvalue weighted by atomic mass is 19.1. The van der Waals surface area contributed by atoms with Crippen LogP contribution >= 0.6 is 0 Å². The van der Waals surface area contributed by atoms with Crippen LogP contribution in [0.15, 0.2) is 42.7 Å². The molecule has 2 aromatic rings. The van der Waals surface area contributed by atoms with E-state index >= 15 is 0 Å². The van der Waals surface area contributed by atoms with E-state index in [9.17, 15) is 14.3 Å². The highest BCUT2D eigenvalue weighted by molar-refractivity contribution is 5.67. The number of anilines is 1. The molecule has 212 valence electrons. The third-order valence-corrected chi connectivity index (χ3v) is 9.28. The Morgan fingerprint density at radius 1 is 1.05 bits per heavy atom. The molecule has 2 aliphatic heterocycles. The monoisotopic (exact) mass is 537 g/mol. The number of carboxylic acids is 1. The molecule has 1 saturated carbocycles. The lowest BCUT2D eigenvalue weighted by Crippen LogP contribution is -2.47. The van der Waals surface area contributed by atoms with Gasteiger partial charge < -0.3 is 14.9 Å². The first kappa shape index (κ1) is 28.0. The van der Waals surface area contributed by atoms with Crippen LogP contribution in [0.5, 0.6) is 0 Å². The molecule has 2 saturated heterocycles. The number of aliphatic carboxylic acids is 1. The second-order valence-corrected chi connectivity index (χ2v) is 11.9. The van der Waals surface area contributed by atoms with Gasteiger partial charge in [-0.2, -0.15) is 0 Å². The number of piperidine rings is 1. The zero-order valence-electron chi connectivity index (χ0n) is 23.3. The first-order valence-electron chi connectivity index (χ1n) is 15.0. The van der Waals surface area contributed by atoms with E-state index in [-0.39, 0.29) is 24.1 Å². The Bertz CT molecular complexity index is 1060. The number of aromatic nitrogens is 2. The molecule has 39 heavy (non-hydrogen) atoms. The van der Waals surface area contributed by atoms with Gasteiger partial charge in [0, 0.05) is 76.1 Å². The van der Waals surface area contributed by atoms with Crippen molar-refractivity contribution in [1.29, 1.82) is 0 Å². The van der Waals surface area contributed by atoms with Crippen LogP contribution in [0.3, 0.4) is 0 Å². The van der Waals surface area contributed by atoms with Gasteiger partial charge in [-0.15, -0.1) is 0 Å². The molecule has 8 heteroatoms. The van der Waals surface area contributed by atoms with Gasteiger partial charge in [-0.25, -0.2) is 14.4 Å². The van der Waals surface area contributed by atoms with Gasteiger partial charge in [0.05, 0.1) is 0 Å². The normalized spacial score (nSPS) is 27.0. The van der Waals surface area contributed by atoms with Crippen LogP contribution in [-0.4, -0.2) is 82.2 Å². The summed E-state index contributed by atoms with van der Waals surface area (Å²) in [4.78, 5) is 28.2. The van der Waals surface area contributed by atoms with Gasteiger partial charge in [-0.1, -0.05) is 31.9 Å². The van der Waals surface area contributed by atoms with Gasteiger partial charge >= 0.3 is 5.97 Å². The Hall–Kier alpha value is -2.58. The zero-order chi connectivity index (χ0) is 27.2. The summed E-state index contributed by atoms with van der Waals surface area (Å²) < 4.78 is 14.3. The lowest BCUT2D eigenvalue weighted by Gasteiger charge is -2.40. The van der Waals surface area contributed by atoms with Crippen LogP contribution in [0.4, 0.5) is 10.3 Å². The van der Waals surface area contributed by atoms with E-state index in [4.69, 9.17) is 0 Å². The van der Waals surface area contributed by atoms with Crippen LogP contribution in [0.25, 0.3) is 0 Å². The number of nitrogens with zero attached hydrogens (tertiary/aromatic N) is 5. The topological polar surface area (TPSA) is 72.8 Å². The number of hydrogen-bond donors (Lipinski definition) is 1. The first-order valence-corrected chi connectivity index (χ1v) is 15.0. The van der Waals surface area contributed by atoms with Gasteiger partial charge in [0.25, 0.3) is 0 Å². The van der Waals surface area contributed by atoms with Crippen molar-refractivity contribution in [2.75, 3.05) is 44.2 Å². The predicted molar refractivity (Wildman–Crippen MR) is 151 cm³/mol. The minimum Gasteiger partial charge on any atom is -0.481 e. The fourth-order valence-electron chi connectivity index (χ4n) is 7.48. The van der Waals surface area contributed by atoms with Crippen molar-refractivity contribution < 1.29 is 14.3 Å². The molecule has 3 heterocycles. The fraction of sp³-hybridized carbons (Fsp3) is 0.645. The van der Waals surface area contributed by atoms with E-state index in [0.717, 1.165) is 89.3 Å². The summed E-state index contributed by atoms with van der Waals surface area (Å²) in [5, 5.41) is 9.54. The fourth-order valence-corrected chi connectivity index (χ4v) is 7.48. The molecular formula is C31H44FN5O2. The van der Waals surface area contributed by atoms with E-state index in [1.807, 2.05) is 24.5 Å². The van der Waals surface area contributed by atoms with Crippen LogP contribution in [0.2, 0.25) is 0 Å². The molecule has 1 aromatic carbocycles. The zero-order valence-corrected chi connectivity index (χ0v) is 23.3. The van der Waals surface area contributed by atoms with Crippen LogP contribution in [0, 0.1) is 17.7 Å². The summed E-state index contributed by atoms with van der Waals surface area (Å²) in [5.74, 6) is 0.846. The summed E-state index contributed by atoms with van der Waals surface area (Å²) in [6, 6.07) is 9.78. The standard InChI is InChI=1S/C31H44FN5O2/c1-2-15-37(31-33-13-6-14-34-31)27-11-16-35(17-12-27)20-25-21-36(22-28(25)23-8-5-9-26(32)18-23)29-10-4-3-7-24(29)19-30(38)39/h5-6,8-9,13-14,18,24-25,27-29H,2-4,7,10-12,15-17,19-22H2,1H3,(H,38,39). The second-order valence-electron chi connectivity index (χ2n) is 11.9. The van der Waals surface area contributed by atoms with Gasteiger partial charge in [0.15, 0.2) is 0 Å². The molecule has 1 aliphatic carbocycles. The first-order chi connectivity index (χ1) is 19.0. The Morgan fingerprint density at radius 2 is 1.82 bits per heavy atom. The molecular weight excluding hydrogens is 493 g/mol. The average molecular weight is 538 g/mol. The summed E-state index contributed by atoms with van der Waals surface area (Å²) in [6.45, 7) is 8.09. The minimum atomic E-state index is -0.690. The number of hydrogen-bond acceptors (Lipinski definition) is 6. The van der Waals surface area contributed by atoms with Crippen LogP contribution in [-0.2, 0) is 4.79 Å². The van der Waals surface area contributed by atoms with Gasteiger partial charge in [-0.05, 0) is 67.7 Å². The third kappa shape index (κ3) is 6.95. The Balaban J connectivity index is 1.27. The molecule has 3 aliphatic rings. The summed E-state index contributed by atoms with van der Waals surface area (Å²) in [6.07, 6.45) is 11.5. The highest BCUT2D eigenvalue weighted by Crippen LogP contribution is 2.40. The van der Waals surface area contributed by atoms with Crippen molar-refractivity contribution >= 4 is 11.9 Å². The van der Waals surface area contributed by atoms with Gasteiger partial charge in [-0.3, -0.25) is 9.69 Å². The minimum absolute atomic E-state index is 0.175. The lowest BCUT2D eigenvalue weighted by atomic mass is 9.81. The molecule has 7 nitrogen and oxygen atoms in total. The van der Waals surface area contributed by atoms with Crippen molar-refractivity contribution in [1.82, 2.24) is 19.8 Å². The van der Waals surface area contributed by atoms with Gasteiger partial charge in [0.2, 0.25) is 5.95 Å². The average Bonchev–Trinajstić information content (AvgIpc) is 3.36. The number of benzene rings is 1. The maximum absolute atomic E-state index is 14.3. The largest absolute Gasteiger partial charge is 0.481 e. The molecule has 1 aromatic heterocycles. The number of rotatable bonds is 10. The summed E-state index contributed by atoms with van der Waals surface area (Å²) in [5.41, 5.74) is 1.08. The van der Waals surface area contributed by atoms with Crippen LogP contribution < -0.4 is 4.90 Å². The summed E-state index contributed by atoms with van der Waals surface area (Å²) >= 11 is 0. The molecule has 1 N–H and O–H groups in total. The van der Waals surface area contributed by atoms with Crippen molar-refractivity contribution in [2.24, 2.45) is 11.8 Å². The van der Waals surface area contributed by atoms with Crippen molar-refractivity contribution in [3.05, 3.63) is 54.1 Å². The maximum Gasteiger partial charge on any atom is 0.303 e. The number of likely N-dealkylation sites (tertiary alicyclic amines) is 2. The smallest absolute Gasteiger partial charge is 0.303 e. The maximum atomic E-state index is 14.3. The van der Waals surface area contributed by atoms with Crippen LogP contribution in [0.1, 0.15) is 69.8 Å². The summed E-state index contributed by atoms with van der Waals surface area (Å²) in [7, 11) is 0.